The monoisotopic (exact) mass is 215 g/mol. The SMILES string of the molecule is COc1cccc2nn(C(C)C)c(C#N)c12. The summed E-state index contributed by atoms with van der Waals surface area (Å²) in [4.78, 5) is 0. The van der Waals surface area contributed by atoms with Crippen LogP contribution in [0.1, 0.15) is 25.6 Å². The number of methoxy groups -OCH3 is 1. The largest absolute Gasteiger partial charge is 0.496 e. The first-order valence-electron chi connectivity index (χ1n) is 5.14. The molecule has 0 saturated carbocycles. The lowest BCUT2D eigenvalue weighted by atomic mass is 10.2. The van der Waals surface area contributed by atoms with E-state index in [0.717, 1.165) is 10.9 Å². The molecule has 0 spiro atoms. The van der Waals surface area contributed by atoms with Crippen LogP contribution in [0.25, 0.3) is 10.9 Å². The van der Waals surface area contributed by atoms with Crippen molar-refractivity contribution in [1.29, 1.82) is 5.26 Å². The van der Waals surface area contributed by atoms with Crippen LogP contribution in [-0.2, 0) is 0 Å². The number of aromatic nitrogens is 2. The molecule has 0 amide bonds. The summed E-state index contributed by atoms with van der Waals surface area (Å²) in [6.07, 6.45) is 0. The van der Waals surface area contributed by atoms with Crippen LogP contribution in [0.4, 0.5) is 0 Å². The predicted molar refractivity (Wildman–Crippen MR) is 61.4 cm³/mol. The van der Waals surface area contributed by atoms with Crippen molar-refractivity contribution in [3.05, 3.63) is 23.9 Å². The van der Waals surface area contributed by atoms with Gasteiger partial charge < -0.3 is 4.74 Å². The molecule has 82 valence electrons. The van der Waals surface area contributed by atoms with Gasteiger partial charge in [-0.2, -0.15) is 10.4 Å². The van der Waals surface area contributed by atoms with Crippen molar-refractivity contribution in [2.24, 2.45) is 0 Å². The van der Waals surface area contributed by atoms with E-state index in [1.54, 1.807) is 11.8 Å². The Kier molecular flexibility index (Phi) is 2.53. The van der Waals surface area contributed by atoms with Gasteiger partial charge in [-0.15, -0.1) is 0 Å². The first kappa shape index (κ1) is 10.5. The van der Waals surface area contributed by atoms with Gasteiger partial charge in [-0.1, -0.05) is 6.07 Å². The zero-order valence-corrected chi connectivity index (χ0v) is 9.56. The van der Waals surface area contributed by atoms with Gasteiger partial charge in [0.1, 0.15) is 17.5 Å². The van der Waals surface area contributed by atoms with E-state index in [0.29, 0.717) is 11.4 Å². The molecule has 0 saturated heterocycles. The highest BCUT2D eigenvalue weighted by atomic mass is 16.5. The summed E-state index contributed by atoms with van der Waals surface area (Å²) in [5, 5.41) is 14.4. The zero-order chi connectivity index (χ0) is 11.7. The highest BCUT2D eigenvalue weighted by Gasteiger charge is 2.16. The maximum atomic E-state index is 9.21. The second-order valence-corrected chi connectivity index (χ2v) is 3.85. The Hall–Kier alpha value is -2.02. The van der Waals surface area contributed by atoms with E-state index in [-0.39, 0.29) is 6.04 Å². The Morgan fingerprint density at radius 3 is 2.75 bits per heavy atom. The number of benzene rings is 1. The van der Waals surface area contributed by atoms with Gasteiger partial charge in [-0.05, 0) is 26.0 Å². The van der Waals surface area contributed by atoms with Crippen LogP contribution in [0.3, 0.4) is 0 Å². The van der Waals surface area contributed by atoms with Gasteiger partial charge in [0, 0.05) is 6.04 Å². The van der Waals surface area contributed by atoms with Crippen LogP contribution in [0, 0.1) is 11.3 Å². The van der Waals surface area contributed by atoms with Crippen LogP contribution < -0.4 is 4.74 Å². The molecule has 2 rings (SSSR count). The molecule has 0 N–H and O–H groups in total. The van der Waals surface area contributed by atoms with Crippen molar-refractivity contribution >= 4 is 10.9 Å². The Balaban J connectivity index is 2.85. The fraction of sp³-hybridized carbons (Fsp3) is 0.333. The average molecular weight is 215 g/mol. The zero-order valence-electron chi connectivity index (χ0n) is 9.56. The molecule has 16 heavy (non-hydrogen) atoms. The molecule has 0 unspecified atom stereocenters. The minimum atomic E-state index is 0.159. The minimum absolute atomic E-state index is 0.159. The molecule has 1 aromatic carbocycles. The molecular weight excluding hydrogens is 202 g/mol. The lowest BCUT2D eigenvalue weighted by Gasteiger charge is -2.05. The van der Waals surface area contributed by atoms with Gasteiger partial charge in [-0.3, -0.25) is 4.68 Å². The van der Waals surface area contributed by atoms with Crippen molar-refractivity contribution in [1.82, 2.24) is 9.78 Å². The van der Waals surface area contributed by atoms with Crippen LogP contribution in [-0.4, -0.2) is 16.9 Å². The Morgan fingerprint density at radius 2 is 2.19 bits per heavy atom. The summed E-state index contributed by atoms with van der Waals surface area (Å²) < 4.78 is 6.99. The Bertz CT molecular complexity index is 563. The van der Waals surface area contributed by atoms with Gasteiger partial charge in [0.2, 0.25) is 0 Å². The van der Waals surface area contributed by atoms with Gasteiger partial charge in [0.15, 0.2) is 0 Å². The van der Waals surface area contributed by atoms with Crippen LogP contribution >= 0.6 is 0 Å². The van der Waals surface area contributed by atoms with Crippen LogP contribution in [0.2, 0.25) is 0 Å². The van der Waals surface area contributed by atoms with E-state index in [9.17, 15) is 5.26 Å². The summed E-state index contributed by atoms with van der Waals surface area (Å²) in [5.41, 5.74) is 1.35. The molecule has 4 heteroatoms. The smallest absolute Gasteiger partial charge is 0.150 e. The topological polar surface area (TPSA) is 50.8 Å². The number of nitriles is 1. The van der Waals surface area contributed by atoms with Gasteiger partial charge >= 0.3 is 0 Å². The number of rotatable bonds is 2. The van der Waals surface area contributed by atoms with Crippen molar-refractivity contribution < 1.29 is 4.74 Å². The third-order valence-corrected chi connectivity index (χ3v) is 2.50. The molecule has 0 bridgehead atoms. The van der Waals surface area contributed by atoms with Gasteiger partial charge in [0.25, 0.3) is 0 Å². The fourth-order valence-corrected chi connectivity index (χ4v) is 1.77. The van der Waals surface area contributed by atoms with E-state index in [2.05, 4.69) is 11.2 Å². The Labute approximate surface area is 94.1 Å². The summed E-state index contributed by atoms with van der Waals surface area (Å²) in [5.74, 6) is 0.695. The summed E-state index contributed by atoms with van der Waals surface area (Å²) in [6.45, 7) is 4.00. The number of ether oxygens (including phenoxy) is 1. The third kappa shape index (κ3) is 1.41. The second-order valence-electron chi connectivity index (χ2n) is 3.85. The summed E-state index contributed by atoms with van der Waals surface area (Å²) in [6, 6.07) is 7.96. The second kappa shape index (κ2) is 3.86. The number of hydrogen-bond donors (Lipinski definition) is 0. The predicted octanol–water partition coefficient (Wildman–Crippen LogP) is 2.50. The van der Waals surface area contributed by atoms with E-state index in [4.69, 9.17) is 4.74 Å². The molecule has 0 aliphatic rings. The minimum Gasteiger partial charge on any atom is -0.496 e. The summed E-state index contributed by atoms with van der Waals surface area (Å²) >= 11 is 0. The highest BCUT2D eigenvalue weighted by Crippen LogP contribution is 2.29. The molecule has 0 radical (unpaired) electrons. The highest BCUT2D eigenvalue weighted by molar-refractivity contribution is 5.89. The van der Waals surface area contributed by atoms with Crippen LogP contribution in [0.15, 0.2) is 18.2 Å². The molecule has 1 aromatic heterocycles. The molecule has 0 aliphatic heterocycles. The molecule has 2 aromatic rings. The normalized spacial score (nSPS) is 10.7. The van der Waals surface area contributed by atoms with Crippen LogP contribution in [0.5, 0.6) is 5.75 Å². The van der Waals surface area contributed by atoms with Crippen molar-refractivity contribution in [3.8, 4) is 11.8 Å². The molecule has 0 atom stereocenters. The van der Waals surface area contributed by atoms with Gasteiger partial charge in [-0.25, -0.2) is 0 Å². The third-order valence-electron chi connectivity index (χ3n) is 2.50. The molecule has 0 aliphatic carbocycles. The standard InChI is InChI=1S/C12H13N3O/c1-8(2)15-10(7-13)12-9(14-15)5-4-6-11(12)16-3/h4-6,8H,1-3H3. The van der Waals surface area contributed by atoms with E-state index < -0.39 is 0 Å². The maximum absolute atomic E-state index is 9.21. The van der Waals surface area contributed by atoms with E-state index in [1.165, 1.54) is 0 Å². The van der Waals surface area contributed by atoms with Crippen molar-refractivity contribution in [3.63, 3.8) is 0 Å². The van der Waals surface area contributed by atoms with Crippen molar-refractivity contribution in [2.45, 2.75) is 19.9 Å². The quantitative estimate of drug-likeness (QED) is 0.773. The van der Waals surface area contributed by atoms with Gasteiger partial charge in [0.05, 0.1) is 18.0 Å². The molecule has 0 fully saturated rings. The fourth-order valence-electron chi connectivity index (χ4n) is 1.77. The van der Waals surface area contributed by atoms with E-state index >= 15 is 0 Å². The van der Waals surface area contributed by atoms with Crippen molar-refractivity contribution in [2.75, 3.05) is 7.11 Å². The maximum Gasteiger partial charge on any atom is 0.150 e. The number of hydrogen-bond acceptors (Lipinski definition) is 3. The molecule has 4 nitrogen and oxygen atoms in total. The average Bonchev–Trinajstić information content (AvgIpc) is 2.67. The first-order valence-corrected chi connectivity index (χ1v) is 5.14. The number of fused-ring (bicyclic) bond motifs is 1. The molecular formula is C12H13N3O. The van der Waals surface area contributed by atoms with E-state index in [1.807, 2.05) is 32.0 Å². The lowest BCUT2D eigenvalue weighted by molar-refractivity contribution is 0.419. The molecule has 1 heterocycles. The number of nitrogens with zero attached hydrogens (tertiary/aromatic N) is 3. The Morgan fingerprint density at radius 1 is 1.44 bits per heavy atom. The summed E-state index contributed by atoms with van der Waals surface area (Å²) in [7, 11) is 1.60. The lowest BCUT2D eigenvalue weighted by Crippen LogP contribution is -2.05. The first-order chi connectivity index (χ1) is 7.69.